The smallest absolute Gasteiger partial charge is 0.355 e. The van der Waals surface area contributed by atoms with E-state index >= 15 is 0 Å². The molecule has 0 unspecified atom stereocenters. The minimum atomic E-state index is -0.886. The summed E-state index contributed by atoms with van der Waals surface area (Å²) in [5.41, 5.74) is -0.396. The second-order valence-corrected chi connectivity index (χ2v) is 3.76. The van der Waals surface area contributed by atoms with Gasteiger partial charge in [-0.3, -0.25) is 4.79 Å². The maximum absolute atomic E-state index is 11.6. The van der Waals surface area contributed by atoms with Gasteiger partial charge in [-0.2, -0.15) is 0 Å². The molecule has 1 rings (SSSR count). The molecule has 1 aromatic heterocycles. The van der Waals surface area contributed by atoms with Crippen molar-refractivity contribution in [3.05, 3.63) is 17.0 Å². The summed E-state index contributed by atoms with van der Waals surface area (Å²) in [5.74, 6) is -2.65. The maximum atomic E-state index is 11.6. The molecule has 0 spiro atoms. The van der Waals surface area contributed by atoms with Crippen molar-refractivity contribution in [1.29, 1.82) is 0 Å². The van der Waals surface area contributed by atoms with Crippen LogP contribution in [0.4, 0.5) is 0 Å². The van der Waals surface area contributed by atoms with E-state index in [4.69, 9.17) is 0 Å². The van der Waals surface area contributed by atoms with Gasteiger partial charge in [0.2, 0.25) is 0 Å². The van der Waals surface area contributed by atoms with E-state index in [0.29, 0.717) is 0 Å². The van der Waals surface area contributed by atoms with E-state index < -0.39 is 23.7 Å². The molecule has 20 heavy (non-hydrogen) atoms. The topological polar surface area (TPSA) is 115 Å². The van der Waals surface area contributed by atoms with E-state index in [1.165, 1.54) is 7.11 Å². The molecule has 0 bridgehead atoms. The van der Waals surface area contributed by atoms with Crippen molar-refractivity contribution in [2.75, 3.05) is 21.3 Å². The van der Waals surface area contributed by atoms with Gasteiger partial charge in [-0.25, -0.2) is 9.59 Å². The lowest BCUT2D eigenvalue weighted by Gasteiger charge is -2.00. The van der Waals surface area contributed by atoms with Gasteiger partial charge >= 0.3 is 17.9 Å². The Morgan fingerprint density at radius 2 is 1.65 bits per heavy atom. The SMILES string of the molecule is COC(=O)CCc1[nH]c(C(=O)OC)c(C(=O)OC)c1O. The minimum absolute atomic E-state index is 0.0220. The van der Waals surface area contributed by atoms with Crippen molar-refractivity contribution < 1.29 is 33.7 Å². The van der Waals surface area contributed by atoms with E-state index in [1.54, 1.807) is 0 Å². The van der Waals surface area contributed by atoms with Gasteiger partial charge in [0.15, 0.2) is 5.75 Å². The average Bonchev–Trinajstić information content (AvgIpc) is 2.79. The van der Waals surface area contributed by atoms with Crippen molar-refractivity contribution in [2.24, 2.45) is 0 Å². The molecular formula is C12H15NO7. The van der Waals surface area contributed by atoms with Crippen LogP contribution in [0.15, 0.2) is 0 Å². The number of carbonyl (C=O) groups is 3. The van der Waals surface area contributed by atoms with Gasteiger partial charge in [-0.05, 0) is 0 Å². The molecule has 0 aliphatic heterocycles. The number of hydrogen-bond donors (Lipinski definition) is 2. The average molecular weight is 285 g/mol. The zero-order chi connectivity index (χ0) is 15.3. The zero-order valence-electron chi connectivity index (χ0n) is 11.3. The maximum Gasteiger partial charge on any atom is 0.355 e. The lowest BCUT2D eigenvalue weighted by molar-refractivity contribution is -0.140. The molecule has 0 saturated heterocycles. The number of aromatic amines is 1. The van der Waals surface area contributed by atoms with Crippen molar-refractivity contribution in [3.63, 3.8) is 0 Å². The summed E-state index contributed by atoms with van der Waals surface area (Å²) in [7, 11) is 3.48. The standard InChI is InChI=1S/C12H15NO7/c1-18-7(14)5-4-6-10(15)8(11(16)19-2)9(13-6)12(17)20-3/h13,15H,4-5H2,1-3H3. The van der Waals surface area contributed by atoms with E-state index in [-0.39, 0.29) is 29.8 Å². The fourth-order valence-corrected chi connectivity index (χ4v) is 1.61. The summed E-state index contributed by atoms with van der Waals surface area (Å²) in [6, 6.07) is 0. The molecule has 110 valence electrons. The number of aromatic nitrogens is 1. The highest BCUT2D eigenvalue weighted by atomic mass is 16.5. The monoisotopic (exact) mass is 285 g/mol. The second kappa shape index (κ2) is 6.60. The number of methoxy groups -OCH3 is 3. The first-order chi connectivity index (χ1) is 9.46. The summed E-state index contributed by atoms with van der Waals surface area (Å²) in [6.07, 6.45) is 0.0469. The highest BCUT2D eigenvalue weighted by Gasteiger charge is 2.28. The first kappa shape index (κ1) is 15.5. The van der Waals surface area contributed by atoms with E-state index in [0.717, 1.165) is 14.2 Å². The van der Waals surface area contributed by atoms with Crippen LogP contribution >= 0.6 is 0 Å². The number of aromatic hydroxyl groups is 1. The Hall–Kier alpha value is -2.51. The molecule has 0 aliphatic carbocycles. The molecule has 8 heteroatoms. The molecule has 0 fully saturated rings. The summed E-state index contributed by atoms with van der Waals surface area (Å²) >= 11 is 0. The van der Waals surface area contributed by atoms with Crippen LogP contribution in [0.1, 0.15) is 33.0 Å². The van der Waals surface area contributed by atoms with Gasteiger partial charge in [-0.1, -0.05) is 0 Å². The van der Waals surface area contributed by atoms with Gasteiger partial charge in [-0.15, -0.1) is 0 Å². The molecule has 1 aromatic rings. The molecule has 0 atom stereocenters. The number of hydrogen-bond acceptors (Lipinski definition) is 7. The summed E-state index contributed by atoms with van der Waals surface area (Å²) in [5, 5.41) is 9.95. The van der Waals surface area contributed by atoms with E-state index in [2.05, 4.69) is 19.2 Å². The molecule has 0 amide bonds. The predicted molar refractivity (Wildman–Crippen MR) is 65.5 cm³/mol. The molecule has 0 aromatic carbocycles. The number of H-pyrrole nitrogens is 1. The number of rotatable bonds is 5. The number of ether oxygens (including phenoxy) is 3. The lowest BCUT2D eigenvalue weighted by Crippen LogP contribution is -2.10. The fraction of sp³-hybridized carbons (Fsp3) is 0.417. The van der Waals surface area contributed by atoms with E-state index in [1.807, 2.05) is 0 Å². The molecule has 0 radical (unpaired) electrons. The molecule has 8 nitrogen and oxygen atoms in total. The van der Waals surface area contributed by atoms with Crippen LogP contribution in [0.2, 0.25) is 0 Å². The Labute approximate surface area is 114 Å². The van der Waals surface area contributed by atoms with Crippen LogP contribution in [0, 0.1) is 0 Å². The quantitative estimate of drug-likeness (QED) is 0.594. The van der Waals surface area contributed by atoms with Crippen molar-refractivity contribution >= 4 is 17.9 Å². The van der Waals surface area contributed by atoms with Gasteiger partial charge in [0.05, 0.1) is 33.4 Å². The molecule has 0 aliphatic rings. The summed E-state index contributed by atoms with van der Waals surface area (Å²) in [4.78, 5) is 36.8. The Balaban J connectivity index is 3.15. The lowest BCUT2D eigenvalue weighted by atomic mass is 10.1. The molecule has 1 heterocycles. The third-order valence-electron chi connectivity index (χ3n) is 2.63. The van der Waals surface area contributed by atoms with Crippen LogP contribution in [-0.2, 0) is 25.4 Å². The minimum Gasteiger partial charge on any atom is -0.505 e. The van der Waals surface area contributed by atoms with Gasteiger partial charge in [0.25, 0.3) is 0 Å². The van der Waals surface area contributed by atoms with Crippen molar-refractivity contribution in [1.82, 2.24) is 4.98 Å². The largest absolute Gasteiger partial charge is 0.505 e. The Bertz CT molecular complexity index is 532. The second-order valence-electron chi connectivity index (χ2n) is 3.76. The van der Waals surface area contributed by atoms with E-state index in [9.17, 15) is 19.5 Å². The van der Waals surface area contributed by atoms with Gasteiger partial charge < -0.3 is 24.3 Å². The Kier molecular flexibility index (Phi) is 5.13. The van der Waals surface area contributed by atoms with Gasteiger partial charge in [0.1, 0.15) is 11.3 Å². The third kappa shape index (κ3) is 3.08. The zero-order valence-corrected chi connectivity index (χ0v) is 11.3. The van der Waals surface area contributed by atoms with Crippen LogP contribution in [0.3, 0.4) is 0 Å². The molecular weight excluding hydrogens is 270 g/mol. The van der Waals surface area contributed by atoms with Crippen LogP contribution in [0.25, 0.3) is 0 Å². The number of nitrogens with one attached hydrogen (secondary N) is 1. The molecule has 0 saturated carbocycles. The van der Waals surface area contributed by atoms with Crippen LogP contribution < -0.4 is 0 Å². The number of carbonyl (C=O) groups excluding carboxylic acids is 3. The summed E-state index contributed by atoms with van der Waals surface area (Å²) in [6.45, 7) is 0. The van der Waals surface area contributed by atoms with Crippen LogP contribution in [0.5, 0.6) is 5.75 Å². The van der Waals surface area contributed by atoms with Crippen molar-refractivity contribution in [2.45, 2.75) is 12.8 Å². The third-order valence-corrected chi connectivity index (χ3v) is 2.63. The Morgan fingerprint density at radius 3 is 2.15 bits per heavy atom. The highest BCUT2D eigenvalue weighted by Crippen LogP contribution is 2.28. The number of esters is 3. The van der Waals surface area contributed by atoms with Crippen molar-refractivity contribution in [3.8, 4) is 5.75 Å². The highest BCUT2D eigenvalue weighted by molar-refractivity contribution is 6.04. The van der Waals surface area contributed by atoms with Gasteiger partial charge in [0, 0.05) is 6.42 Å². The number of aryl methyl sites for hydroxylation is 1. The van der Waals surface area contributed by atoms with Crippen LogP contribution in [-0.4, -0.2) is 49.3 Å². The Morgan fingerprint density at radius 1 is 1.05 bits per heavy atom. The first-order valence-corrected chi connectivity index (χ1v) is 5.63. The normalized spacial score (nSPS) is 9.95. The predicted octanol–water partition coefficient (Wildman–Crippen LogP) is 0.399. The summed E-state index contributed by atoms with van der Waals surface area (Å²) < 4.78 is 13.5. The molecule has 2 N–H and O–H groups in total. The first-order valence-electron chi connectivity index (χ1n) is 5.63. The fourth-order valence-electron chi connectivity index (χ4n) is 1.61.